The fourth-order valence-corrected chi connectivity index (χ4v) is 1.61. The molecule has 0 aliphatic heterocycles. The summed E-state index contributed by atoms with van der Waals surface area (Å²) in [6, 6.07) is 6.59. The molecule has 7 nitrogen and oxygen atoms in total. The minimum absolute atomic E-state index is 0. The number of benzene rings is 1. The quantitative estimate of drug-likeness (QED) is 0.373. The molecule has 1 rings (SSSR count). The number of carbonyl (C=O) groups is 3. The zero-order valence-electron chi connectivity index (χ0n) is 14.6. The number of carboxylic acid groups (broad SMARTS) is 2. The number of rotatable bonds is 8. The molecule has 0 aromatic heterocycles. The van der Waals surface area contributed by atoms with Crippen molar-refractivity contribution in [2.24, 2.45) is 0 Å². The van der Waals surface area contributed by atoms with Crippen LogP contribution in [0.4, 0.5) is 4.79 Å². The van der Waals surface area contributed by atoms with Gasteiger partial charge in [-0.1, -0.05) is 38.8 Å². The Kier molecular flexibility index (Phi) is 16.8. The van der Waals surface area contributed by atoms with Crippen LogP contribution < -0.4 is 10.2 Å². The minimum atomic E-state index is -2.33. The summed E-state index contributed by atoms with van der Waals surface area (Å²) in [4.78, 5) is 32.2. The van der Waals surface area contributed by atoms with Crippen LogP contribution in [0.1, 0.15) is 60.2 Å². The Hall–Kier alpha value is -1.31. The minimum Gasteiger partial charge on any atom is -0.652 e. The van der Waals surface area contributed by atoms with E-state index in [-0.39, 0.29) is 48.9 Å². The number of esters is 2. The first-order valence-corrected chi connectivity index (χ1v) is 7.75. The summed E-state index contributed by atoms with van der Waals surface area (Å²) in [6.45, 7) is 4.78. The monoisotopic (exact) mass is 378 g/mol. The van der Waals surface area contributed by atoms with E-state index in [0.29, 0.717) is 13.2 Å². The summed E-state index contributed by atoms with van der Waals surface area (Å²) in [5.74, 6) is -0.942. The third-order valence-electron chi connectivity index (χ3n) is 2.83. The maximum Gasteiger partial charge on any atom is 2.00 e. The number of hydrogen-bond acceptors (Lipinski definition) is 7. The van der Waals surface area contributed by atoms with Crippen LogP contribution in [0, 0.1) is 0 Å². The van der Waals surface area contributed by atoms with Crippen LogP contribution in [0.25, 0.3) is 0 Å². The molecule has 0 N–H and O–H groups in total. The molecule has 134 valence electrons. The van der Waals surface area contributed by atoms with E-state index in [9.17, 15) is 9.59 Å². The van der Waals surface area contributed by atoms with Gasteiger partial charge < -0.3 is 24.5 Å². The number of unbranched alkanes of at least 4 members (excludes halogenated alkanes) is 2. The molecule has 8 heteroatoms. The molecule has 1 aromatic carbocycles. The zero-order valence-corrected chi connectivity index (χ0v) is 16.8. The van der Waals surface area contributed by atoms with E-state index < -0.39 is 18.1 Å². The normalized spacial score (nSPS) is 9.04. The van der Waals surface area contributed by atoms with Gasteiger partial charge in [-0.3, -0.25) is 0 Å². The standard InChI is InChI=1S/C16H22O4.CH2O3.Ca/c1-3-5-11-19-15(17)13-9-7-8-10-14(13)16(18)20-12-6-4-2;2-1(3)4;/h7-10H,3-6,11-12H2,1-2H3;(H2,2,3,4);/q;;+2/p-2. The molecular formula is C17H22CaO7. The van der Waals surface area contributed by atoms with Crippen molar-refractivity contribution in [3.8, 4) is 0 Å². The van der Waals surface area contributed by atoms with Gasteiger partial charge in [-0.15, -0.1) is 0 Å². The van der Waals surface area contributed by atoms with Crippen molar-refractivity contribution in [2.75, 3.05) is 13.2 Å². The molecule has 0 fully saturated rings. The van der Waals surface area contributed by atoms with Crippen molar-refractivity contribution in [1.29, 1.82) is 0 Å². The third kappa shape index (κ3) is 12.7. The van der Waals surface area contributed by atoms with Crippen molar-refractivity contribution in [3.63, 3.8) is 0 Å². The van der Waals surface area contributed by atoms with Gasteiger partial charge in [0.1, 0.15) is 0 Å². The smallest absolute Gasteiger partial charge is 0.652 e. The molecule has 0 heterocycles. The van der Waals surface area contributed by atoms with Crippen molar-refractivity contribution >= 4 is 55.8 Å². The van der Waals surface area contributed by atoms with Gasteiger partial charge in [-0.05, 0) is 31.1 Å². The van der Waals surface area contributed by atoms with Gasteiger partial charge >= 0.3 is 49.7 Å². The molecule has 0 saturated heterocycles. The largest absolute Gasteiger partial charge is 2.00 e. The summed E-state index contributed by atoms with van der Waals surface area (Å²) in [5, 5.41) is 16.7. The van der Waals surface area contributed by atoms with Gasteiger partial charge in [-0.25, -0.2) is 9.59 Å². The number of hydrogen-bond donors (Lipinski definition) is 0. The Bertz CT molecular complexity index is 486. The first kappa shape index (κ1) is 25.9. The van der Waals surface area contributed by atoms with Gasteiger partial charge in [0.25, 0.3) is 0 Å². The maximum atomic E-state index is 11.9. The van der Waals surface area contributed by atoms with Gasteiger partial charge in [0.15, 0.2) is 0 Å². The summed E-state index contributed by atoms with van der Waals surface area (Å²) in [6.07, 6.45) is 1.20. The third-order valence-corrected chi connectivity index (χ3v) is 2.83. The summed E-state index contributed by atoms with van der Waals surface area (Å²) < 4.78 is 10.3. The molecule has 0 spiro atoms. The number of carbonyl (C=O) groups excluding carboxylic acids is 3. The van der Waals surface area contributed by atoms with Crippen molar-refractivity contribution in [2.45, 2.75) is 39.5 Å². The van der Waals surface area contributed by atoms with Crippen LogP contribution in [-0.4, -0.2) is 69.0 Å². The second-order valence-corrected chi connectivity index (χ2v) is 4.77. The second-order valence-electron chi connectivity index (χ2n) is 4.77. The van der Waals surface area contributed by atoms with Crippen molar-refractivity contribution in [3.05, 3.63) is 35.4 Å². The van der Waals surface area contributed by atoms with Crippen molar-refractivity contribution < 1.29 is 34.1 Å². The molecular weight excluding hydrogens is 356 g/mol. The van der Waals surface area contributed by atoms with Gasteiger partial charge in [0, 0.05) is 0 Å². The topological polar surface area (TPSA) is 116 Å². The maximum absolute atomic E-state index is 11.9. The Morgan fingerprint density at radius 1 is 0.840 bits per heavy atom. The molecule has 0 aliphatic carbocycles. The predicted octanol–water partition coefficient (Wildman–Crippen LogP) is 0.773. The number of ether oxygens (including phenoxy) is 2. The molecule has 0 amide bonds. The zero-order chi connectivity index (χ0) is 18.4. The van der Waals surface area contributed by atoms with E-state index in [1.807, 2.05) is 13.8 Å². The first-order valence-electron chi connectivity index (χ1n) is 7.75. The summed E-state index contributed by atoms with van der Waals surface area (Å²) >= 11 is 0. The van der Waals surface area contributed by atoms with Gasteiger partial charge in [0.05, 0.1) is 24.3 Å². The van der Waals surface area contributed by atoms with Crippen LogP contribution in [0.5, 0.6) is 0 Å². The van der Waals surface area contributed by atoms with Gasteiger partial charge in [-0.2, -0.15) is 0 Å². The van der Waals surface area contributed by atoms with Crippen molar-refractivity contribution in [1.82, 2.24) is 0 Å². The predicted molar refractivity (Wildman–Crippen MR) is 88.0 cm³/mol. The second kappa shape index (κ2) is 16.2. The molecule has 0 bridgehead atoms. The van der Waals surface area contributed by atoms with E-state index in [0.717, 1.165) is 25.7 Å². The van der Waals surface area contributed by atoms with Crippen LogP contribution in [0.15, 0.2) is 24.3 Å². The Morgan fingerprint density at radius 2 is 1.16 bits per heavy atom. The fourth-order valence-electron chi connectivity index (χ4n) is 1.61. The van der Waals surface area contributed by atoms with E-state index in [1.165, 1.54) is 0 Å². The first-order chi connectivity index (χ1) is 11.4. The van der Waals surface area contributed by atoms with E-state index in [2.05, 4.69) is 0 Å². The van der Waals surface area contributed by atoms with E-state index in [1.54, 1.807) is 24.3 Å². The fraction of sp³-hybridized carbons (Fsp3) is 0.471. The SMILES string of the molecule is CCCCOC(=O)c1ccccc1C(=O)OCCCC.O=C([O-])[O-].[Ca+2]. The van der Waals surface area contributed by atoms with E-state index >= 15 is 0 Å². The Labute approximate surface area is 177 Å². The average Bonchev–Trinajstić information content (AvgIpc) is 2.54. The summed E-state index contributed by atoms with van der Waals surface area (Å²) in [5.41, 5.74) is 0.537. The molecule has 0 aliphatic rings. The van der Waals surface area contributed by atoms with Crippen LogP contribution in [0.3, 0.4) is 0 Å². The molecule has 0 saturated carbocycles. The molecule has 0 unspecified atom stereocenters. The van der Waals surface area contributed by atoms with Crippen LogP contribution >= 0.6 is 0 Å². The summed E-state index contributed by atoms with van der Waals surface area (Å²) in [7, 11) is 0. The van der Waals surface area contributed by atoms with Gasteiger partial charge in [0.2, 0.25) is 0 Å². The Morgan fingerprint density at radius 3 is 1.44 bits per heavy atom. The van der Waals surface area contributed by atoms with E-state index in [4.69, 9.17) is 24.5 Å². The Balaban J connectivity index is 0. The molecule has 1 aromatic rings. The van der Waals surface area contributed by atoms with Crippen LogP contribution in [-0.2, 0) is 9.47 Å². The molecule has 25 heavy (non-hydrogen) atoms. The molecule has 0 atom stereocenters. The average molecular weight is 378 g/mol. The van der Waals surface area contributed by atoms with Crippen LogP contribution in [0.2, 0.25) is 0 Å². The molecule has 0 radical (unpaired) electrons.